The first-order chi connectivity index (χ1) is 14.2. The molecule has 3 aromatic rings. The highest BCUT2D eigenvalue weighted by Crippen LogP contribution is 2.28. The van der Waals surface area contributed by atoms with Gasteiger partial charge in [0.2, 0.25) is 0 Å². The molecule has 6 nitrogen and oxygen atoms in total. The molecule has 2 aromatic heterocycles. The van der Waals surface area contributed by atoms with Gasteiger partial charge in [0.15, 0.2) is 5.82 Å². The van der Waals surface area contributed by atoms with Gasteiger partial charge in [-0.2, -0.15) is 4.98 Å². The number of benzene rings is 1. The summed E-state index contributed by atoms with van der Waals surface area (Å²) in [5, 5.41) is 4.93. The molecule has 1 saturated heterocycles. The molecule has 0 saturated carbocycles. The number of nitrogens with zero attached hydrogens (tertiary/aromatic N) is 5. The van der Waals surface area contributed by atoms with Crippen LogP contribution in [0.5, 0.6) is 0 Å². The maximum atomic E-state index is 6.35. The highest BCUT2D eigenvalue weighted by atomic mass is 35.5. The van der Waals surface area contributed by atoms with Crippen LogP contribution in [-0.4, -0.2) is 46.2 Å². The fourth-order valence-corrected chi connectivity index (χ4v) is 3.91. The highest BCUT2D eigenvalue weighted by molar-refractivity contribution is 6.31. The Hall–Kier alpha value is -2.15. The minimum atomic E-state index is 0. The third-order valence-electron chi connectivity index (χ3n) is 5.20. The van der Waals surface area contributed by atoms with E-state index in [1.807, 2.05) is 36.5 Å². The number of hydrogen-bond acceptors (Lipinski definition) is 6. The van der Waals surface area contributed by atoms with Gasteiger partial charge in [0.05, 0.1) is 5.56 Å². The van der Waals surface area contributed by atoms with Gasteiger partial charge in [-0.15, -0.1) is 12.4 Å². The van der Waals surface area contributed by atoms with Gasteiger partial charge in [0, 0.05) is 50.4 Å². The predicted octanol–water partition coefficient (Wildman–Crippen LogP) is 4.87. The zero-order valence-electron chi connectivity index (χ0n) is 17.1. The maximum absolute atomic E-state index is 6.35. The van der Waals surface area contributed by atoms with Gasteiger partial charge in [-0.1, -0.05) is 41.9 Å². The van der Waals surface area contributed by atoms with Crippen LogP contribution in [0.1, 0.15) is 31.2 Å². The lowest BCUT2D eigenvalue weighted by atomic mass is 10.2. The molecule has 1 aromatic carbocycles. The molecule has 0 radical (unpaired) electrons. The van der Waals surface area contributed by atoms with Gasteiger partial charge in [-0.3, -0.25) is 4.90 Å². The first-order valence-corrected chi connectivity index (χ1v) is 10.6. The van der Waals surface area contributed by atoms with E-state index in [4.69, 9.17) is 16.1 Å². The minimum absolute atomic E-state index is 0. The first-order valence-electron chi connectivity index (χ1n) is 10.2. The van der Waals surface area contributed by atoms with Crippen molar-refractivity contribution in [1.82, 2.24) is 20.0 Å². The fourth-order valence-electron chi connectivity index (χ4n) is 3.71. The van der Waals surface area contributed by atoms with Crippen molar-refractivity contribution in [3.05, 3.63) is 59.0 Å². The number of anilines is 1. The van der Waals surface area contributed by atoms with E-state index in [2.05, 4.69) is 37.9 Å². The normalized spacial score (nSPS) is 14.9. The Morgan fingerprint density at radius 3 is 2.77 bits per heavy atom. The molecule has 0 unspecified atom stereocenters. The van der Waals surface area contributed by atoms with Crippen molar-refractivity contribution >= 4 is 29.8 Å². The SMILES string of the molecule is CCCc1noc(-c2cccnc2N2CCCN(Cc3ccccc3Cl)CC2)n1.Cl. The average molecular weight is 448 g/mol. The Labute approximate surface area is 188 Å². The molecular formula is C22H27Cl2N5O. The van der Waals surface area contributed by atoms with Gasteiger partial charge in [0.1, 0.15) is 5.82 Å². The van der Waals surface area contributed by atoms with E-state index in [0.717, 1.165) is 74.2 Å². The summed E-state index contributed by atoms with van der Waals surface area (Å²) in [6, 6.07) is 12.0. The standard InChI is InChI=1S/C22H26ClN5O.ClH/c1-2-7-20-25-22(29-26-20)18-9-5-11-24-21(18)28-13-6-12-27(14-15-28)16-17-8-3-4-10-19(17)23;/h3-5,8-11H,2,6-7,12-16H2,1H3;1H. The summed E-state index contributed by atoms with van der Waals surface area (Å²) in [6.07, 6.45) is 4.70. The van der Waals surface area contributed by atoms with Crippen LogP contribution in [0.3, 0.4) is 0 Å². The molecule has 0 aliphatic carbocycles. The van der Waals surface area contributed by atoms with Crippen LogP contribution >= 0.6 is 24.0 Å². The zero-order valence-corrected chi connectivity index (χ0v) is 18.7. The van der Waals surface area contributed by atoms with Crippen LogP contribution in [0.4, 0.5) is 5.82 Å². The molecule has 8 heteroatoms. The lowest BCUT2D eigenvalue weighted by Crippen LogP contribution is -2.31. The largest absolute Gasteiger partial charge is 0.355 e. The van der Waals surface area contributed by atoms with E-state index in [1.54, 1.807) is 0 Å². The quantitative estimate of drug-likeness (QED) is 0.536. The van der Waals surface area contributed by atoms with E-state index >= 15 is 0 Å². The summed E-state index contributed by atoms with van der Waals surface area (Å²) in [4.78, 5) is 14.0. The Balaban J connectivity index is 0.00000256. The van der Waals surface area contributed by atoms with Crippen LogP contribution in [0, 0.1) is 0 Å². The third-order valence-corrected chi connectivity index (χ3v) is 5.57. The summed E-state index contributed by atoms with van der Waals surface area (Å²) in [5.41, 5.74) is 2.08. The monoisotopic (exact) mass is 447 g/mol. The molecule has 1 fully saturated rings. The van der Waals surface area contributed by atoms with Crippen LogP contribution in [0.2, 0.25) is 5.02 Å². The van der Waals surface area contributed by atoms with Crippen molar-refractivity contribution in [3.63, 3.8) is 0 Å². The van der Waals surface area contributed by atoms with Crippen LogP contribution in [0.25, 0.3) is 11.5 Å². The van der Waals surface area contributed by atoms with Crippen LogP contribution in [-0.2, 0) is 13.0 Å². The van der Waals surface area contributed by atoms with E-state index in [9.17, 15) is 0 Å². The first kappa shape index (κ1) is 22.5. The highest BCUT2D eigenvalue weighted by Gasteiger charge is 2.21. The summed E-state index contributed by atoms with van der Waals surface area (Å²) in [5.74, 6) is 2.21. The molecule has 1 aliphatic rings. The Morgan fingerprint density at radius 2 is 1.93 bits per heavy atom. The molecule has 30 heavy (non-hydrogen) atoms. The lowest BCUT2D eigenvalue weighted by molar-refractivity contribution is 0.285. The molecule has 0 spiro atoms. The second-order valence-electron chi connectivity index (χ2n) is 7.35. The van der Waals surface area contributed by atoms with E-state index in [-0.39, 0.29) is 12.4 Å². The number of hydrogen-bond donors (Lipinski definition) is 0. The Bertz CT molecular complexity index is 949. The van der Waals surface area contributed by atoms with E-state index in [1.165, 1.54) is 5.56 Å². The van der Waals surface area contributed by atoms with Crippen molar-refractivity contribution in [2.75, 3.05) is 31.1 Å². The van der Waals surface area contributed by atoms with Gasteiger partial charge < -0.3 is 9.42 Å². The number of rotatable bonds is 6. The fraction of sp³-hybridized carbons (Fsp3) is 0.409. The topological polar surface area (TPSA) is 58.3 Å². The van der Waals surface area contributed by atoms with E-state index in [0.29, 0.717) is 5.89 Å². The molecule has 1 aliphatic heterocycles. The molecule has 0 atom stereocenters. The molecule has 0 amide bonds. The predicted molar refractivity (Wildman–Crippen MR) is 122 cm³/mol. The second-order valence-corrected chi connectivity index (χ2v) is 7.76. The van der Waals surface area contributed by atoms with Gasteiger partial charge in [-0.05, 0) is 36.6 Å². The molecule has 0 bridgehead atoms. The average Bonchev–Trinajstić information content (AvgIpc) is 3.08. The van der Waals surface area contributed by atoms with Gasteiger partial charge >= 0.3 is 0 Å². The van der Waals surface area contributed by atoms with Crippen molar-refractivity contribution in [2.24, 2.45) is 0 Å². The Kier molecular flexibility index (Phi) is 8.08. The van der Waals surface area contributed by atoms with Crippen molar-refractivity contribution in [1.29, 1.82) is 0 Å². The molecule has 0 N–H and O–H groups in total. The van der Waals surface area contributed by atoms with Gasteiger partial charge in [0.25, 0.3) is 5.89 Å². The number of pyridine rings is 1. The summed E-state index contributed by atoms with van der Waals surface area (Å²) in [6.45, 7) is 6.80. The molecular weight excluding hydrogens is 421 g/mol. The zero-order chi connectivity index (χ0) is 20.1. The van der Waals surface area contributed by atoms with Crippen molar-refractivity contribution in [2.45, 2.75) is 32.7 Å². The van der Waals surface area contributed by atoms with Crippen molar-refractivity contribution < 1.29 is 4.52 Å². The number of aromatic nitrogens is 3. The minimum Gasteiger partial charge on any atom is -0.355 e. The van der Waals surface area contributed by atoms with Crippen molar-refractivity contribution in [3.8, 4) is 11.5 Å². The maximum Gasteiger partial charge on any atom is 0.261 e. The number of aryl methyl sites for hydroxylation is 1. The van der Waals surface area contributed by atoms with Gasteiger partial charge in [-0.25, -0.2) is 4.98 Å². The molecule has 3 heterocycles. The third kappa shape index (κ3) is 5.31. The lowest BCUT2D eigenvalue weighted by Gasteiger charge is -2.24. The van der Waals surface area contributed by atoms with E-state index < -0.39 is 0 Å². The Morgan fingerprint density at radius 1 is 1.07 bits per heavy atom. The van der Waals surface area contributed by atoms with Crippen LogP contribution in [0.15, 0.2) is 47.1 Å². The number of halogens is 2. The van der Waals surface area contributed by atoms with Crippen LogP contribution < -0.4 is 4.90 Å². The summed E-state index contributed by atoms with van der Waals surface area (Å²) in [7, 11) is 0. The smallest absolute Gasteiger partial charge is 0.261 e. The molecule has 4 rings (SSSR count). The molecule has 160 valence electrons. The summed E-state index contributed by atoms with van der Waals surface area (Å²) < 4.78 is 5.53. The summed E-state index contributed by atoms with van der Waals surface area (Å²) >= 11 is 6.35. The second kappa shape index (κ2) is 10.8.